The molecule has 2 N–H and O–H groups in total. The Labute approximate surface area is 131 Å². The fourth-order valence-electron chi connectivity index (χ4n) is 2.35. The summed E-state index contributed by atoms with van der Waals surface area (Å²) < 4.78 is 1.77. The zero-order valence-corrected chi connectivity index (χ0v) is 13.0. The Bertz CT molecular complexity index is 593. The van der Waals surface area contributed by atoms with E-state index in [0.29, 0.717) is 12.1 Å². The normalized spacial score (nSPS) is 10.6. The third kappa shape index (κ3) is 4.18. The van der Waals surface area contributed by atoms with E-state index in [1.807, 2.05) is 37.3 Å². The SMILES string of the molecule is Cc1c(C(=O)NCCCCCCO)cnn1-c1ccccc1. The third-order valence-electron chi connectivity index (χ3n) is 3.63. The molecule has 0 fully saturated rings. The number of carbonyl (C=O) groups excluding carboxylic acids is 1. The van der Waals surface area contributed by atoms with Crippen LogP contribution in [0.25, 0.3) is 5.69 Å². The second kappa shape index (κ2) is 8.34. The number of aliphatic hydroxyl groups is 1. The highest BCUT2D eigenvalue weighted by Gasteiger charge is 2.14. The molecule has 0 radical (unpaired) electrons. The Morgan fingerprint density at radius 3 is 2.64 bits per heavy atom. The van der Waals surface area contributed by atoms with Gasteiger partial charge in [0, 0.05) is 13.2 Å². The van der Waals surface area contributed by atoms with E-state index < -0.39 is 0 Å². The topological polar surface area (TPSA) is 67.2 Å². The minimum absolute atomic E-state index is 0.0816. The van der Waals surface area contributed by atoms with Crippen molar-refractivity contribution in [2.75, 3.05) is 13.2 Å². The molecular formula is C17H23N3O2. The van der Waals surface area contributed by atoms with Crippen molar-refractivity contribution in [3.05, 3.63) is 47.8 Å². The van der Waals surface area contributed by atoms with Gasteiger partial charge < -0.3 is 10.4 Å². The molecule has 0 saturated heterocycles. The van der Waals surface area contributed by atoms with Crippen LogP contribution in [0.5, 0.6) is 0 Å². The summed E-state index contributed by atoms with van der Waals surface area (Å²) >= 11 is 0. The standard InChI is InChI=1S/C17H23N3O2/c1-14-16(17(22)18-11-7-2-3-8-12-21)13-19-20(14)15-9-5-4-6-10-15/h4-6,9-10,13,21H,2-3,7-8,11-12H2,1H3,(H,18,22). The number of rotatable bonds is 8. The van der Waals surface area contributed by atoms with Gasteiger partial charge in [-0.05, 0) is 31.9 Å². The molecule has 0 aliphatic carbocycles. The largest absolute Gasteiger partial charge is 0.396 e. The summed E-state index contributed by atoms with van der Waals surface area (Å²) in [6, 6.07) is 9.77. The number of carbonyl (C=O) groups is 1. The summed E-state index contributed by atoms with van der Waals surface area (Å²) in [4.78, 5) is 12.2. The molecule has 0 spiro atoms. The number of unbranched alkanes of at least 4 members (excludes halogenated alkanes) is 3. The van der Waals surface area contributed by atoms with E-state index >= 15 is 0 Å². The molecule has 22 heavy (non-hydrogen) atoms. The van der Waals surface area contributed by atoms with Crippen LogP contribution in [-0.2, 0) is 0 Å². The molecule has 2 rings (SSSR count). The smallest absolute Gasteiger partial charge is 0.254 e. The molecule has 0 aliphatic rings. The number of benzene rings is 1. The predicted molar refractivity (Wildman–Crippen MR) is 86.2 cm³/mol. The summed E-state index contributed by atoms with van der Waals surface area (Å²) in [6.07, 6.45) is 5.39. The first-order valence-corrected chi connectivity index (χ1v) is 7.73. The lowest BCUT2D eigenvalue weighted by Crippen LogP contribution is -2.24. The van der Waals surface area contributed by atoms with Gasteiger partial charge in [-0.1, -0.05) is 31.0 Å². The highest BCUT2D eigenvalue weighted by atomic mass is 16.2. The molecule has 0 atom stereocenters. The van der Waals surface area contributed by atoms with E-state index in [4.69, 9.17) is 5.11 Å². The summed E-state index contributed by atoms with van der Waals surface area (Å²) in [7, 11) is 0. The van der Waals surface area contributed by atoms with Gasteiger partial charge in [-0.3, -0.25) is 4.79 Å². The Hall–Kier alpha value is -2.14. The molecule has 2 aromatic rings. The van der Waals surface area contributed by atoms with Crippen LogP contribution in [-0.4, -0.2) is 33.9 Å². The molecule has 1 aromatic heterocycles. The number of aromatic nitrogens is 2. The Kier molecular flexibility index (Phi) is 6.15. The second-order valence-electron chi connectivity index (χ2n) is 5.28. The number of hydrogen-bond acceptors (Lipinski definition) is 3. The van der Waals surface area contributed by atoms with Crippen molar-refractivity contribution >= 4 is 5.91 Å². The van der Waals surface area contributed by atoms with Crippen molar-refractivity contribution in [3.8, 4) is 5.69 Å². The highest BCUT2D eigenvalue weighted by molar-refractivity contribution is 5.95. The third-order valence-corrected chi connectivity index (χ3v) is 3.63. The molecule has 5 heteroatoms. The fraction of sp³-hybridized carbons (Fsp3) is 0.412. The van der Waals surface area contributed by atoms with Crippen molar-refractivity contribution < 1.29 is 9.90 Å². The van der Waals surface area contributed by atoms with E-state index in [0.717, 1.165) is 37.1 Å². The van der Waals surface area contributed by atoms with Crippen molar-refractivity contribution in [1.82, 2.24) is 15.1 Å². The maximum Gasteiger partial charge on any atom is 0.254 e. The summed E-state index contributed by atoms with van der Waals surface area (Å²) in [5, 5.41) is 15.9. The van der Waals surface area contributed by atoms with Gasteiger partial charge in [-0.25, -0.2) is 4.68 Å². The van der Waals surface area contributed by atoms with Crippen molar-refractivity contribution in [2.45, 2.75) is 32.6 Å². The second-order valence-corrected chi connectivity index (χ2v) is 5.28. The molecule has 0 saturated carbocycles. The first kappa shape index (κ1) is 16.2. The Balaban J connectivity index is 1.90. The number of aliphatic hydroxyl groups excluding tert-OH is 1. The van der Waals surface area contributed by atoms with Crippen molar-refractivity contribution in [2.24, 2.45) is 0 Å². The average molecular weight is 301 g/mol. The molecule has 5 nitrogen and oxygen atoms in total. The van der Waals surface area contributed by atoms with Crippen LogP contribution in [0.3, 0.4) is 0 Å². The Morgan fingerprint density at radius 2 is 1.91 bits per heavy atom. The maximum absolute atomic E-state index is 12.2. The highest BCUT2D eigenvalue weighted by Crippen LogP contribution is 2.13. The predicted octanol–water partition coefficient (Wildman–Crippen LogP) is 2.46. The van der Waals surface area contributed by atoms with Gasteiger partial charge in [0.25, 0.3) is 5.91 Å². The van der Waals surface area contributed by atoms with Crippen LogP contribution >= 0.6 is 0 Å². The molecule has 118 valence electrons. The number of hydrogen-bond donors (Lipinski definition) is 2. The molecule has 1 heterocycles. The van der Waals surface area contributed by atoms with E-state index in [1.165, 1.54) is 0 Å². The van der Waals surface area contributed by atoms with Gasteiger partial charge in [0.1, 0.15) is 0 Å². The first-order valence-electron chi connectivity index (χ1n) is 7.73. The Morgan fingerprint density at radius 1 is 1.18 bits per heavy atom. The van der Waals surface area contributed by atoms with Crippen LogP contribution in [0.1, 0.15) is 41.7 Å². The van der Waals surface area contributed by atoms with Gasteiger partial charge >= 0.3 is 0 Å². The minimum atomic E-state index is -0.0816. The van der Waals surface area contributed by atoms with Gasteiger partial charge in [0.2, 0.25) is 0 Å². The maximum atomic E-state index is 12.2. The zero-order valence-electron chi connectivity index (χ0n) is 13.0. The van der Waals surface area contributed by atoms with Crippen LogP contribution in [0.4, 0.5) is 0 Å². The number of nitrogens with one attached hydrogen (secondary N) is 1. The quantitative estimate of drug-likeness (QED) is 0.736. The molecule has 0 unspecified atom stereocenters. The number of para-hydroxylation sites is 1. The lowest BCUT2D eigenvalue weighted by atomic mass is 10.2. The summed E-state index contributed by atoms with van der Waals surface area (Å²) in [5.74, 6) is -0.0816. The number of nitrogens with zero attached hydrogens (tertiary/aromatic N) is 2. The van der Waals surface area contributed by atoms with Crippen molar-refractivity contribution in [3.63, 3.8) is 0 Å². The van der Waals surface area contributed by atoms with Crippen molar-refractivity contribution in [1.29, 1.82) is 0 Å². The van der Waals surface area contributed by atoms with E-state index in [2.05, 4.69) is 10.4 Å². The van der Waals surface area contributed by atoms with E-state index in [-0.39, 0.29) is 12.5 Å². The van der Waals surface area contributed by atoms with E-state index in [9.17, 15) is 4.79 Å². The van der Waals surface area contributed by atoms with Gasteiger partial charge in [-0.2, -0.15) is 5.10 Å². The minimum Gasteiger partial charge on any atom is -0.396 e. The zero-order chi connectivity index (χ0) is 15.8. The molecule has 0 bridgehead atoms. The lowest BCUT2D eigenvalue weighted by molar-refractivity contribution is 0.0952. The molecule has 0 aliphatic heterocycles. The van der Waals surface area contributed by atoms with Gasteiger partial charge in [-0.15, -0.1) is 0 Å². The number of amides is 1. The fourth-order valence-corrected chi connectivity index (χ4v) is 2.35. The van der Waals surface area contributed by atoms with Crippen LogP contribution in [0.2, 0.25) is 0 Å². The van der Waals surface area contributed by atoms with Gasteiger partial charge in [0.05, 0.1) is 23.1 Å². The molecular weight excluding hydrogens is 278 g/mol. The molecule has 1 amide bonds. The average Bonchev–Trinajstić information content (AvgIpc) is 2.93. The van der Waals surface area contributed by atoms with Gasteiger partial charge in [0.15, 0.2) is 0 Å². The van der Waals surface area contributed by atoms with E-state index in [1.54, 1.807) is 10.9 Å². The molecule has 1 aromatic carbocycles. The summed E-state index contributed by atoms with van der Waals surface area (Å²) in [6.45, 7) is 2.79. The van der Waals surface area contributed by atoms with Crippen LogP contribution < -0.4 is 5.32 Å². The van der Waals surface area contributed by atoms with Crippen LogP contribution in [0, 0.1) is 6.92 Å². The lowest BCUT2D eigenvalue weighted by Gasteiger charge is -2.06. The summed E-state index contributed by atoms with van der Waals surface area (Å²) in [5.41, 5.74) is 2.39. The first-order chi connectivity index (χ1) is 10.7. The monoisotopic (exact) mass is 301 g/mol. The van der Waals surface area contributed by atoms with Crippen LogP contribution in [0.15, 0.2) is 36.5 Å².